The number of carbonyl (C=O) groups is 1. The maximum atomic E-state index is 15.8. The molecular weight excluding hydrogens is 659 g/mol. The number of benzene rings is 3. The Morgan fingerprint density at radius 3 is 2.69 bits per heavy atom. The van der Waals surface area contributed by atoms with Crippen LogP contribution in [0.15, 0.2) is 70.6 Å². The minimum atomic E-state index is -0.581. The van der Waals surface area contributed by atoms with Gasteiger partial charge in [-0.1, -0.05) is 63.2 Å². The molecule has 0 radical (unpaired) electrons. The number of esters is 1. The van der Waals surface area contributed by atoms with E-state index in [-0.39, 0.29) is 23.1 Å². The van der Waals surface area contributed by atoms with Crippen molar-refractivity contribution in [1.82, 2.24) is 19.7 Å². The lowest BCUT2D eigenvalue weighted by molar-refractivity contribution is -0.144. The van der Waals surface area contributed by atoms with E-state index in [1.54, 1.807) is 29.9 Å². The molecule has 2 atom stereocenters. The van der Waals surface area contributed by atoms with Gasteiger partial charge in [-0.25, -0.2) is 18.4 Å². The van der Waals surface area contributed by atoms with Crippen molar-refractivity contribution in [2.45, 2.75) is 75.0 Å². The molecule has 10 heteroatoms. The van der Waals surface area contributed by atoms with Crippen molar-refractivity contribution in [1.29, 1.82) is 0 Å². The van der Waals surface area contributed by atoms with Gasteiger partial charge in [0, 0.05) is 29.0 Å². The number of nitrogens with zero attached hydrogens (tertiary/aromatic N) is 3. The number of nitrogens with one attached hydrogen (secondary N) is 1. The van der Waals surface area contributed by atoms with Crippen molar-refractivity contribution in [3.05, 3.63) is 94.9 Å². The number of methoxy groups -OCH3 is 1. The normalized spacial score (nSPS) is 19.1. The molecule has 0 fully saturated rings. The zero-order chi connectivity index (χ0) is 34.9. The molecule has 3 aromatic carbocycles. The molecule has 1 aliphatic rings. The third-order valence-corrected chi connectivity index (χ3v) is 12.4. The Kier molecular flexibility index (Phi) is 10.3. The quantitative estimate of drug-likeness (QED) is 0.188. The van der Waals surface area contributed by atoms with E-state index in [2.05, 4.69) is 37.9 Å². The minimum absolute atomic E-state index is 0.0704. The smallest absolute Gasteiger partial charge is 0.308 e. The molecular formula is C39H44F2N4O2S2. The van der Waals surface area contributed by atoms with Crippen molar-refractivity contribution in [2.24, 2.45) is 18.4 Å². The fraction of sp³-hybridized carbons (Fsp3) is 0.410. The SMILES string of the molecule is COC(=O)C(C)Cc1cccc([C@@]2(C)CCCC(C)(C)CSCCc3c(c(F)cc4[nH]ccc34)Sc3ccc(F)c(c3)-c3nc2nn3C)c1. The number of carbonyl (C=O) groups excluding carboxylic acids is 1. The number of H-pyrrole nitrogens is 1. The van der Waals surface area contributed by atoms with Crippen LogP contribution in [0.25, 0.3) is 22.3 Å². The second-order valence-electron chi connectivity index (χ2n) is 14.2. The molecule has 0 saturated carbocycles. The molecule has 49 heavy (non-hydrogen) atoms. The lowest BCUT2D eigenvalue weighted by Crippen LogP contribution is -2.27. The summed E-state index contributed by atoms with van der Waals surface area (Å²) >= 11 is 3.23. The van der Waals surface area contributed by atoms with Crippen molar-refractivity contribution < 1.29 is 18.3 Å². The first-order valence-electron chi connectivity index (χ1n) is 16.8. The third-order valence-electron chi connectivity index (χ3n) is 9.75. The van der Waals surface area contributed by atoms with Crippen LogP contribution in [0.5, 0.6) is 0 Å². The van der Waals surface area contributed by atoms with Gasteiger partial charge in [-0.2, -0.15) is 16.9 Å². The van der Waals surface area contributed by atoms with Crippen molar-refractivity contribution in [3.63, 3.8) is 0 Å². The van der Waals surface area contributed by atoms with Gasteiger partial charge in [0.05, 0.1) is 28.9 Å². The Balaban J connectivity index is 1.45. The lowest BCUT2D eigenvalue weighted by atomic mass is 9.75. The molecule has 4 bridgehead atoms. The van der Waals surface area contributed by atoms with Crippen LogP contribution in [0.4, 0.5) is 8.78 Å². The van der Waals surface area contributed by atoms with Crippen LogP contribution in [0.2, 0.25) is 0 Å². The predicted octanol–water partition coefficient (Wildman–Crippen LogP) is 9.54. The molecule has 6 rings (SSSR count). The summed E-state index contributed by atoms with van der Waals surface area (Å²) < 4.78 is 38.0. The topological polar surface area (TPSA) is 72.8 Å². The van der Waals surface area contributed by atoms with E-state index in [1.165, 1.54) is 24.9 Å². The highest BCUT2D eigenvalue weighted by Crippen LogP contribution is 2.42. The van der Waals surface area contributed by atoms with Crippen LogP contribution >= 0.6 is 23.5 Å². The van der Waals surface area contributed by atoms with Crippen molar-refractivity contribution in [2.75, 3.05) is 18.6 Å². The van der Waals surface area contributed by atoms with Crippen LogP contribution in [-0.4, -0.2) is 44.3 Å². The van der Waals surface area contributed by atoms with E-state index in [9.17, 15) is 4.79 Å². The first-order chi connectivity index (χ1) is 23.4. The van der Waals surface area contributed by atoms with Crippen LogP contribution in [0, 0.1) is 23.0 Å². The van der Waals surface area contributed by atoms with E-state index in [4.69, 9.17) is 14.8 Å². The van der Waals surface area contributed by atoms with Gasteiger partial charge in [-0.3, -0.25) is 4.79 Å². The van der Waals surface area contributed by atoms with E-state index in [0.29, 0.717) is 28.5 Å². The number of ether oxygens (including phenoxy) is 1. The second kappa shape index (κ2) is 14.3. The Hall–Kier alpha value is -3.63. The molecule has 5 aromatic rings. The Labute approximate surface area is 295 Å². The molecule has 3 heterocycles. The highest BCUT2D eigenvalue weighted by atomic mass is 32.2. The third kappa shape index (κ3) is 7.45. The summed E-state index contributed by atoms with van der Waals surface area (Å²) in [6.45, 7) is 8.66. The number of thioether (sulfide) groups is 1. The zero-order valence-corrected chi connectivity index (χ0v) is 30.7. The first-order valence-corrected chi connectivity index (χ1v) is 18.8. The highest BCUT2D eigenvalue weighted by Gasteiger charge is 2.35. The number of aromatic nitrogens is 4. The fourth-order valence-corrected chi connectivity index (χ4v) is 9.10. The van der Waals surface area contributed by atoms with Crippen LogP contribution in [-0.2, 0) is 34.8 Å². The van der Waals surface area contributed by atoms with Crippen LogP contribution < -0.4 is 0 Å². The largest absolute Gasteiger partial charge is 0.469 e. The minimum Gasteiger partial charge on any atom is -0.469 e. The molecule has 1 N–H and O–H groups in total. The van der Waals surface area contributed by atoms with Gasteiger partial charge in [0.15, 0.2) is 11.6 Å². The van der Waals surface area contributed by atoms with Gasteiger partial charge in [0.2, 0.25) is 0 Å². The first kappa shape index (κ1) is 35.2. The summed E-state index contributed by atoms with van der Waals surface area (Å²) in [4.78, 5) is 21.7. The van der Waals surface area contributed by atoms with Gasteiger partial charge in [0.25, 0.3) is 0 Å². The Bertz CT molecular complexity index is 1990. The predicted molar refractivity (Wildman–Crippen MR) is 195 cm³/mol. The molecule has 0 amide bonds. The lowest BCUT2D eigenvalue weighted by Gasteiger charge is -2.31. The monoisotopic (exact) mass is 702 g/mol. The second-order valence-corrected chi connectivity index (χ2v) is 16.4. The van der Waals surface area contributed by atoms with Gasteiger partial charge < -0.3 is 9.72 Å². The molecule has 258 valence electrons. The van der Waals surface area contributed by atoms with E-state index < -0.39 is 11.2 Å². The number of aromatic amines is 1. The highest BCUT2D eigenvalue weighted by molar-refractivity contribution is 7.99. The number of hydrogen-bond acceptors (Lipinski definition) is 6. The molecule has 0 aliphatic carbocycles. The van der Waals surface area contributed by atoms with Gasteiger partial charge in [-0.05, 0) is 96.5 Å². The Morgan fingerprint density at radius 1 is 1.08 bits per heavy atom. The molecule has 0 saturated heterocycles. The molecule has 0 spiro atoms. The van der Waals surface area contributed by atoms with Gasteiger partial charge >= 0.3 is 5.97 Å². The molecule has 1 aliphatic heterocycles. The van der Waals surface area contributed by atoms with E-state index in [1.807, 2.05) is 43.1 Å². The summed E-state index contributed by atoms with van der Waals surface area (Å²) in [5.74, 6) is 1.64. The summed E-state index contributed by atoms with van der Waals surface area (Å²) in [7, 11) is 3.21. The number of hydrogen-bond donors (Lipinski definition) is 1. The molecule has 1 unspecified atom stereocenters. The average molecular weight is 703 g/mol. The summed E-state index contributed by atoms with van der Waals surface area (Å²) in [6.07, 6.45) is 5.84. The molecule has 2 aromatic heterocycles. The summed E-state index contributed by atoms with van der Waals surface area (Å²) in [5, 5.41) is 5.95. The van der Waals surface area contributed by atoms with Crippen molar-refractivity contribution >= 4 is 40.4 Å². The number of aryl methyl sites for hydroxylation is 2. The number of halogens is 2. The molecule has 6 nitrogen and oxygen atoms in total. The summed E-state index contributed by atoms with van der Waals surface area (Å²) in [5.41, 5.74) is 3.64. The van der Waals surface area contributed by atoms with E-state index in [0.717, 1.165) is 69.7 Å². The number of rotatable bonds is 4. The Morgan fingerprint density at radius 2 is 1.90 bits per heavy atom. The number of fused-ring (bicyclic) bond motifs is 8. The average Bonchev–Trinajstić information content (AvgIpc) is 3.70. The van der Waals surface area contributed by atoms with E-state index >= 15 is 8.78 Å². The van der Waals surface area contributed by atoms with Crippen LogP contribution in [0.1, 0.15) is 69.5 Å². The zero-order valence-electron chi connectivity index (χ0n) is 29.0. The van der Waals surface area contributed by atoms with Crippen molar-refractivity contribution in [3.8, 4) is 11.4 Å². The fourth-order valence-electron chi connectivity index (χ4n) is 6.87. The standard InChI is InChI=1S/C39H44F2N4O2S2/c1-24(36(46)47-6)19-25-9-7-10-26(20-25)39(4)16-8-15-38(2,3)23-48-18-14-29-28-13-17-42-33(28)22-32(41)34(29)49-27-11-12-31(40)30(21-27)35-43-37(39)44-45(35)5/h7,9-13,17,20-22,24,42H,8,14-16,18-19,23H2,1-6H3/t24?,39-/m1/s1. The maximum absolute atomic E-state index is 15.8. The maximum Gasteiger partial charge on any atom is 0.308 e. The van der Waals surface area contributed by atoms with Gasteiger partial charge in [-0.15, -0.1) is 0 Å². The van der Waals surface area contributed by atoms with Gasteiger partial charge in [0.1, 0.15) is 11.6 Å². The summed E-state index contributed by atoms with van der Waals surface area (Å²) in [6, 6.07) is 16.7. The van der Waals surface area contributed by atoms with Crippen LogP contribution in [0.3, 0.4) is 0 Å².